The number of hydrogen-bond donors (Lipinski definition) is 2. The molecule has 0 bridgehead atoms. The van der Waals surface area contributed by atoms with Crippen molar-refractivity contribution in [1.29, 1.82) is 0 Å². The lowest BCUT2D eigenvalue weighted by Gasteiger charge is -2.45. The van der Waals surface area contributed by atoms with Gasteiger partial charge in [-0.25, -0.2) is 8.42 Å². The first-order valence-electron chi connectivity index (χ1n) is 6.42. The van der Waals surface area contributed by atoms with E-state index < -0.39 is 15.6 Å². The van der Waals surface area contributed by atoms with E-state index in [-0.39, 0.29) is 23.9 Å². The molecule has 1 heterocycles. The van der Waals surface area contributed by atoms with E-state index in [2.05, 4.69) is 0 Å². The maximum absolute atomic E-state index is 12.4. The molecule has 1 aromatic carbocycles. The lowest BCUT2D eigenvalue weighted by Crippen LogP contribution is -2.64. The second-order valence-electron chi connectivity index (χ2n) is 5.67. The molecule has 1 aliphatic carbocycles. The maximum Gasteiger partial charge on any atom is 0.243 e. The Morgan fingerprint density at radius 2 is 2.00 bits per heavy atom. The van der Waals surface area contributed by atoms with Crippen LogP contribution in [0.5, 0.6) is 0 Å². The van der Waals surface area contributed by atoms with Crippen molar-refractivity contribution in [2.75, 3.05) is 18.8 Å². The number of hydrogen-bond acceptors (Lipinski definition) is 4. The minimum Gasteiger partial charge on any atom is -0.399 e. The molecule has 0 aromatic heterocycles. The quantitative estimate of drug-likeness (QED) is 0.800. The number of nitrogens with two attached hydrogens (primary N) is 1. The van der Waals surface area contributed by atoms with Crippen LogP contribution in [0.1, 0.15) is 18.4 Å². The summed E-state index contributed by atoms with van der Waals surface area (Å²) in [4.78, 5) is 0.247. The average molecular weight is 282 g/mol. The first kappa shape index (κ1) is 12.9. The molecule has 3 N–H and O–H groups in total. The van der Waals surface area contributed by atoms with Crippen molar-refractivity contribution in [2.45, 2.75) is 30.3 Å². The Balaban J connectivity index is 1.82. The molecule has 6 heteroatoms. The highest BCUT2D eigenvalue weighted by Gasteiger charge is 2.55. The molecular weight excluding hydrogens is 264 g/mol. The Morgan fingerprint density at radius 1 is 1.37 bits per heavy atom. The van der Waals surface area contributed by atoms with Gasteiger partial charge in [0, 0.05) is 18.8 Å². The fraction of sp³-hybridized carbons (Fsp3) is 0.538. The van der Waals surface area contributed by atoms with Crippen LogP contribution >= 0.6 is 0 Å². The topological polar surface area (TPSA) is 83.6 Å². The summed E-state index contributed by atoms with van der Waals surface area (Å²) in [5.74, 6) is 0.284. The highest BCUT2D eigenvalue weighted by molar-refractivity contribution is 7.89. The summed E-state index contributed by atoms with van der Waals surface area (Å²) < 4.78 is 26.1. The van der Waals surface area contributed by atoms with Crippen molar-refractivity contribution in [2.24, 2.45) is 5.92 Å². The van der Waals surface area contributed by atoms with Gasteiger partial charge in [-0.2, -0.15) is 4.31 Å². The molecule has 0 unspecified atom stereocenters. The van der Waals surface area contributed by atoms with Gasteiger partial charge in [0.25, 0.3) is 0 Å². The number of anilines is 1. The summed E-state index contributed by atoms with van der Waals surface area (Å²) in [6.45, 7) is 2.21. The Labute approximate surface area is 113 Å². The van der Waals surface area contributed by atoms with Gasteiger partial charge in [0.2, 0.25) is 10.0 Å². The van der Waals surface area contributed by atoms with Crippen LogP contribution in [0.25, 0.3) is 0 Å². The van der Waals surface area contributed by atoms with E-state index in [9.17, 15) is 13.5 Å². The van der Waals surface area contributed by atoms with Gasteiger partial charge in [0.1, 0.15) is 0 Å². The smallest absolute Gasteiger partial charge is 0.243 e. The molecule has 0 atom stereocenters. The van der Waals surface area contributed by atoms with Gasteiger partial charge in [0.15, 0.2) is 0 Å². The van der Waals surface area contributed by atoms with Crippen LogP contribution in [0.4, 0.5) is 5.69 Å². The molecule has 3 rings (SSSR count). The fourth-order valence-electron chi connectivity index (χ4n) is 2.57. The van der Waals surface area contributed by atoms with E-state index in [4.69, 9.17) is 5.73 Å². The van der Waals surface area contributed by atoms with Crippen molar-refractivity contribution in [3.63, 3.8) is 0 Å². The number of sulfonamides is 1. The third-order valence-electron chi connectivity index (χ3n) is 4.12. The molecule has 0 radical (unpaired) electrons. The molecule has 5 nitrogen and oxygen atoms in total. The zero-order chi connectivity index (χ0) is 13.8. The van der Waals surface area contributed by atoms with Gasteiger partial charge >= 0.3 is 0 Å². The van der Waals surface area contributed by atoms with Gasteiger partial charge in [0.05, 0.1) is 10.5 Å². The van der Waals surface area contributed by atoms with Gasteiger partial charge < -0.3 is 10.8 Å². The summed E-state index contributed by atoms with van der Waals surface area (Å²) in [5, 5.41) is 10.2. The summed E-state index contributed by atoms with van der Waals surface area (Å²) >= 11 is 0. The van der Waals surface area contributed by atoms with E-state index in [1.54, 1.807) is 19.1 Å². The molecule has 1 aliphatic heterocycles. The van der Waals surface area contributed by atoms with Gasteiger partial charge in [-0.05, 0) is 49.4 Å². The average Bonchev–Trinajstić information content (AvgIpc) is 3.12. The molecule has 1 saturated carbocycles. The van der Waals surface area contributed by atoms with Crippen LogP contribution in [0.15, 0.2) is 23.1 Å². The van der Waals surface area contributed by atoms with E-state index >= 15 is 0 Å². The van der Waals surface area contributed by atoms with Gasteiger partial charge in [-0.1, -0.05) is 0 Å². The number of β-amino-alcohol motifs (C(OH)–C–C–N with tert-alkyl or cyclic N) is 1. The van der Waals surface area contributed by atoms with Crippen molar-refractivity contribution in [3.05, 3.63) is 23.8 Å². The van der Waals surface area contributed by atoms with Crippen molar-refractivity contribution < 1.29 is 13.5 Å². The Kier molecular flexibility index (Phi) is 2.68. The highest BCUT2D eigenvalue weighted by Crippen LogP contribution is 2.45. The second kappa shape index (κ2) is 3.94. The first-order chi connectivity index (χ1) is 8.83. The Morgan fingerprint density at radius 3 is 2.53 bits per heavy atom. The second-order valence-corrected chi connectivity index (χ2v) is 7.61. The number of aliphatic hydroxyl groups is 1. The molecule has 19 heavy (non-hydrogen) atoms. The Hall–Kier alpha value is -1.11. The molecule has 0 spiro atoms. The zero-order valence-corrected chi connectivity index (χ0v) is 11.7. The van der Waals surface area contributed by atoms with Crippen LogP contribution in [-0.4, -0.2) is 36.5 Å². The molecule has 2 aliphatic rings. The monoisotopic (exact) mass is 282 g/mol. The van der Waals surface area contributed by atoms with Crippen LogP contribution < -0.4 is 5.73 Å². The van der Waals surface area contributed by atoms with Crippen LogP contribution in [-0.2, 0) is 10.0 Å². The van der Waals surface area contributed by atoms with Crippen molar-refractivity contribution >= 4 is 15.7 Å². The maximum atomic E-state index is 12.4. The van der Waals surface area contributed by atoms with E-state index in [0.29, 0.717) is 5.69 Å². The molecule has 1 saturated heterocycles. The van der Waals surface area contributed by atoms with Crippen LogP contribution in [0, 0.1) is 12.8 Å². The number of nitrogen functional groups attached to an aromatic ring is 1. The summed E-state index contributed by atoms with van der Waals surface area (Å²) in [6.07, 6.45) is 2.01. The van der Waals surface area contributed by atoms with E-state index in [1.807, 2.05) is 0 Å². The normalized spacial score (nSPS) is 23.1. The standard InChI is InChI=1S/C13H18N2O3S/c1-9-6-11(4-5-12(9)14)19(17,18)15-7-13(16,8-15)10-2-3-10/h4-6,10,16H,2-3,7-8,14H2,1H3. The van der Waals surface area contributed by atoms with Crippen LogP contribution in [0.3, 0.4) is 0 Å². The largest absolute Gasteiger partial charge is 0.399 e. The summed E-state index contributed by atoms with van der Waals surface area (Å²) in [5.41, 5.74) is 6.23. The Bertz CT molecular complexity index is 617. The lowest BCUT2D eigenvalue weighted by atomic mass is 9.91. The lowest BCUT2D eigenvalue weighted by molar-refractivity contribution is -0.0764. The van der Waals surface area contributed by atoms with Crippen molar-refractivity contribution in [3.8, 4) is 0 Å². The number of aryl methyl sites for hydroxylation is 1. The highest BCUT2D eigenvalue weighted by atomic mass is 32.2. The first-order valence-corrected chi connectivity index (χ1v) is 7.86. The fourth-order valence-corrected chi connectivity index (χ4v) is 4.22. The van der Waals surface area contributed by atoms with Gasteiger partial charge in [-0.3, -0.25) is 0 Å². The minimum atomic E-state index is -3.50. The molecule has 1 aromatic rings. The predicted octanol–water partition coefficient (Wildman–Crippen LogP) is 0.723. The zero-order valence-electron chi connectivity index (χ0n) is 10.8. The summed E-state index contributed by atoms with van der Waals surface area (Å²) in [6, 6.07) is 4.71. The number of benzene rings is 1. The van der Waals surface area contributed by atoms with Crippen molar-refractivity contribution in [1.82, 2.24) is 4.31 Å². The van der Waals surface area contributed by atoms with E-state index in [1.165, 1.54) is 10.4 Å². The third-order valence-corrected chi connectivity index (χ3v) is 5.90. The van der Waals surface area contributed by atoms with Crippen LogP contribution in [0.2, 0.25) is 0 Å². The molecule has 104 valence electrons. The van der Waals surface area contributed by atoms with Gasteiger partial charge in [-0.15, -0.1) is 0 Å². The molecule has 2 fully saturated rings. The number of rotatable bonds is 3. The minimum absolute atomic E-state index is 0.212. The number of nitrogens with zero attached hydrogens (tertiary/aromatic N) is 1. The molecular formula is C13H18N2O3S. The molecule has 0 amide bonds. The third kappa shape index (κ3) is 2.04. The van der Waals surface area contributed by atoms with E-state index in [0.717, 1.165) is 18.4 Å². The summed E-state index contributed by atoms with van der Waals surface area (Å²) in [7, 11) is -3.50. The predicted molar refractivity (Wildman–Crippen MR) is 72.0 cm³/mol. The SMILES string of the molecule is Cc1cc(S(=O)(=O)N2CC(O)(C3CC3)C2)ccc1N.